The van der Waals surface area contributed by atoms with Crippen molar-refractivity contribution in [3.8, 4) is 0 Å². The predicted octanol–water partition coefficient (Wildman–Crippen LogP) is 4.25. The molecule has 158 valence electrons. The number of fused-ring (bicyclic) bond motifs is 3. The van der Waals surface area contributed by atoms with Crippen LogP contribution in [0.5, 0.6) is 0 Å². The van der Waals surface area contributed by atoms with E-state index in [0.29, 0.717) is 23.1 Å². The molecule has 0 saturated heterocycles. The molecule has 4 aromatic rings. The number of benzene rings is 2. The number of halogens is 2. The molecule has 0 aliphatic heterocycles. The first-order valence-electron chi connectivity index (χ1n) is 10.2. The summed E-state index contributed by atoms with van der Waals surface area (Å²) < 4.78 is 30.3. The molecule has 31 heavy (non-hydrogen) atoms. The number of imidazole rings is 1. The quantitative estimate of drug-likeness (QED) is 0.535. The first-order valence-corrected chi connectivity index (χ1v) is 10.2. The molecule has 2 aromatic carbocycles. The molecule has 6 nitrogen and oxygen atoms in total. The summed E-state index contributed by atoms with van der Waals surface area (Å²) >= 11 is 0. The van der Waals surface area contributed by atoms with Gasteiger partial charge in [0.2, 0.25) is 0 Å². The van der Waals surface area contributed by atoms with Gasteiger partial charge in [-0.1, -0.05) is 6.07 Å². The van der Waals surface area contributed by atoms with Crippen LogP contribution in [0.25, 0.3) is 16.6 Å². The molecular formula is C23H21F2N5O. The molecule has 0 unspecified atom stereocenters. The Morgan fingerprint density at radius 1 is 1.23 bits per heavy atom. The largest absolute Gasteiger partial charge is 0.382 e. The number of nitrogen functional groups attached to an aromatic ring is 1. The number of carbonyl (C=O) groups excluding carboxylic acids is 1. The molecule has 1 fully saturated rings. The molecule has 1 saturated carbocycles. The number of hydrogen-bond acceptors (Lipinski definition) is 4. The van der Waals surface area contributed by atoms with Gasteiger partial charge in [-0.15, -0.1) is 0 Å². The van der Waals surface area contributed by atoms with Crippen LogP contribution >= 0.6 is 0 Å². The van der Waals surface area contributed by atoms with Gasteiger partial charge >= 0.3 is 0 Å². The Morgan fingerprint density at radius 2 is 2.03 bits per heavy atom. The van der Waals surface area contributed by atoms with Gasteiger partial charge in [-0.05, 0) is 55.5 Å². The molecule has 1 aliphatic rings. The van der Waals surface area contributed by atoms with Crippen molar-refractivity contribution in [1.82, 2.24) is 19.3 Å². The Morgan fingerprint density at radius 3 is 2.74 bits per heavy atom. The van der Waals surface area contributed by atoms with Crippen LogP contribution in [-0.2, 0) is 6.54 Å². The number of nitrogens with two attached hydrogens (primary N) is 1. The van der Waals surface area contributed by atoms with Gasteiger partial charge in [0.05, 0.1) is 29.1 Å². The van der Waals surface area contributed by atoms with E-state index in [-0.39, 0.29) is 23.2 Å². The maximum absolute atomic E-state index is 15.0. The highest BCUT2D eigenvalue weighted by molar-refractivity contribution is 5.98. The van der Waals surface area contributed by atoms with Crippen molar-refractivity contribution in [3.63, 3.8) is 0 Å². The fourth-order valence-corrected chi connectivity index (χ4v) is 4.10. The van der Waals surface area contributed by atoms with Crippen LogP contribution in [-0.4, -0.2) is 31.2 Å². The lowest BCUT2D eigenvalue weighted by molar-refractivity contribution is 0.0552. The van der Waals surface area contributed by atoms with Crippen molar-refractivity contribution in [1.29, 1.82) is 0 Å². The third kappa shape index (κ3) is 3.28. The number of nitrogens with zero attached hydrogens (tertiary/aromatic N) is 4. The van der Waals surface area contributed by atoms with Crippen LogP contribution in [0.4, 0.5) is 14.6 Å². The van der Waals surface area contributed by atoms with E-state index in [1.54, 1.807) is 27.9 Å². The van der Waals surface area contributed by atoms with Crippen molar-refractivity contribution in [2.24, 2.45) is 0 Å². The fourth-order valence-electron chi connectivity index (χ4n) is 4.10. The van der Waals surface area contributed by atoms with Gasteiger partial charge in [0.25, 0.3) is 5.91 Å². The lowest BCUT2D eigenvalue weighted by Gasteiger charge is -2.38. The molecule has 0 radical (unpaired) electrons. The topological polar surface area (TPSA) is 76.5 Å². The highest BCUT2D eigenvalue weighted by Gasteiger charge is 2.31. The van der Waals surface area contributed by atoms with Crippen LogP contribution in [0.1, 0.15) is 40.7 Å². The normalized spacial score (nSPS) is 14.2. The van der Waals surface area contributed by atoms with E-state index < -0.39 is 11.7 Å². The molecule has 2 aromatic heterocycles. The molecule has 0 bridgehead atoms. The maximum Gasteiger partial charge on any atom is 0.257 e. The lowest BCUT2D eigenvalue weighted by atomic mass is 9.90. The molecule has 2 heterocycles. The average Bonchev–Trinajstić information content (AvgIpc) is 3.18. The van der Waals surface area contributed by atoms with Gasteiger partial charge in [-0.2, -0.15) is 0 Å². The Kier molecular flexibility index (Phi) is 4.57. The van der Waals surface area contributed by atoms with E-state index in [1.165, 1.54) is 24.3 Å². The van der Waals surface area contributed by atoms with Crippen molar-refractivity contribution in [3.05, 3.63) is 71.2 Å². The molecule has 2 N–H and O–H groups in total. The van der Waals surface area contributed by atoms with Crippen LogP contribution in [0, 0.1) is 18.6 Å². The Labute approximate surface area is 177 Å². The van der Waals surface area contributed by atoms with E-state index in [2.05, 4.69) is 9.97 Å². The molecule has 0 spiro atoms. The summed E-state index contributed by atoms with van der Waals surface area (Å²) in [6.45, 7) is 2.11. The third-order valence-electron chi connectivity index (χ3n) is 6.12. The summed E-state index contributed by atoms with van der Waals surface area (Å²) in [4.78, 5) is 23.5. The van der Waals surface area contributed by atoms with Gasteiger partial charge in [0.15, 0.2) is 0 Å². The molecular weight excluding hydrogens is 400 g/mol. The van der Waals surface area contributed by atoms with E-state index >= 15 is 4.39 Å². The summed E-state index contributed by atoms with van der Waals surface area (Å²) in [5.74, 6) is -1.12. The van der Waals surface area contributed by atoms with E-state index in [0.717, 1.165) is 30.4 Å². The van der Waals surface area contributed by atoms with E-state index in [9.17, 15) is 9.18 Å². The molecule has 8 heteroatoms. The van der Waals surface area contributed by atoms with E-state index in [1.807, 2.05) is 6.92 Å². The smallest absolute Gasteiger partial charge is 0.257 e. The van der Waals surface area contributed by atoms with Crippen molar-refractivity contribution in [2.75, 3.05) is 5.73 Å². The third-order valence-corrected chi connectivity index (χ3v) is 6.12. The number of rotatable bonds is 4. The van der Waals surface area contributed by atoms with Gasteiger partial charge in [-0.3, -0.25) is 9.20 Å². The number of carbonyl (C=O) groups is 1. The summed E-state index contributed by atoms with van der Waals surface area (Å²) in [6, 6.07) is 7.29. The highest BCUT2D eigenvalue weighted by Crippen LogP contribution is 2.30. The second-order valence-corrected chi connectivity index (χ2v) is 8.06. The second kappa shape index (κ2) is 7.30. The number of aromatic nitrogens is 3. The minimum Gasteiger partial charge on any atom is -0.382 e. The standard InChI is InChI=1S/C23H21F2N5O/c1-13-7-15(24)6-5-14(13)11-29(16-3-2-4-16)23(31)17-8-20-19(9-18(17)25)28-22(26)21-10-27-12-30(20)21/h5-10,12,16H,2-4,11H2,1H3,(H2,26,28). The summed E-state index contributed by atoms with van der Waals surface area (Å²) in [7, 11) is 0. The second-order valence-electron chi connectivity index (χ2n) is 8.06. The van der Waals surface area contributed by atoms with Gasteiger partial charge in [-0.25, -0.2) is 18.7 Å². The van der Waals surface area contributed by atoms with Gasteiger partial charge in [0, 0.05) is 18.7 Å². The highest BCUT2D eigenvalue weighted by atomic mass is 19.1. The SMILES string of the molecule is Cc1cc(F)ccc1CN(C(=O)c1cc2c(cc1F)nc(N)c1cncn12)C1CCC1. The number of anilines is 1. The molecule has 1 aliphatic carbocycles. The first-order chi connectivity index (χ1) is 14.9. The monoisotopic (exact) mass is 421 g/mol. The van der Waals surface area contributed by atoms with Crippen LogP contribution in [0.2, 0.25) is 0 Å². The Balaban J connectivity index is 1.58. The Bertz CT molecular complexity index is 1330. The minimum absolute atomic E-state index is 0.0271. The zero-order valence-corrected chi connectivity index (χ0v) is 17.0. The molecule has 1 amide bonds. The van der Waals surface area contributed by atoms with Crippen LogP contribution in [0.3, 0.4) is 0 Å². The lowest BCUT2D eigenvalue weighted by Crippen LogP contribution is -2.44. The van der Waals surface area contributed by atoms with Crippen molar-refractivity contribution >= 4 is 28.3 Å². The van der Waals surface area contributed by atoms with Gasteiger partial charge < -0.3 is 10.6 Å². The Hall–Kier alpha value is -3.55. The zero-order chi connectivity index (χ0) is 21.7. The molecule has 5 rings (SSSR count). The van der Waals surface area contributed by atoms with Crippen LogP contribution < -0.4 is 5.73 Å². The number of amides is 1. The minimum atomic E-state index is -0.649. The predicted molar refractivity (Wildman–Crippen MR) is 114 cm³/mol. The number of hydrogen-bond donors (Lipinski definition) is 1. The van der Waals surface area contributed by atoms with Crippen LogP contribution in [0.15, 0.2) is 42.9 Å². The molecule has 0 atom stereocenters. The first kappa shape index (κ1) is 19.4. The van der Waals surface area contributed by atoms with Crippen molar-refractivity contribution < 1.29 is 13.6 Å². The fraction of sp³-hybridized carbons (Fsp3) is 0.261. The summed E-state index contributed by atoms with van der Waals surface area (Å²) in [5.41, 5.74) is 9.01. The zero-order valence-electron chi connectivity index (χ0n) is 17.0. The van der Waals surface area contributed by atoms with E-state index in [4.69, 9.17) is 5.73 Å². The summed E-state index contributed by atoms with van der Waals surface area (Å²) in [6.07, 6.45) is 5.89. The van der Waals surface area contributed by atoms with Crippen molar-refractivity contribution in [2.45, 2.75) is 38.8 Å². The number of aryl methyl sites for hydroxylation is 1. The summed E-state index contributed by atoms with van der Waals surface area (Å²) in [5, 5.41) is 0. The average molecular weight is 421 g/mol. The maximum atomic E-state index is 15.0. The van der Waals surface area contributed by atoms with Gasteiger partial charge in [0.1, 0.15) is 23.0 Å².